The molecule has 0 bridgehead atoms. The van der Waals surface area contributed by atoms with Gasteiger partial charge in [0.25, 0.3) is 10.0 Å². The summed E-state index contributed by atoms with van der Waals surface area (Å²) >= 11 is 0.893. The maximum atomic E-state index is 13.1. The third-order valence-electron chi connectivity index (χ3n) is 2.97. The number of Topliss-reactive ketones (excluding diaryl/α,β-unsaturated/α-hetero) is 1. The number of halogens is 1. The number of sulfonamides is 1. The van der Waals surface area contributed by atoms with Gasteiger partial charge in [-0.2, -0.15) is 0 Å². The van der Waals surface area contributed by atoms with Crippen LogP contribution in [0.3, 0.4) is 0 Å². The van der Waals surface area contributed by atoms with Gasteiger partial charge in [0, 0.05) is 12.5 Å². The fourth-order valence-electron chi connectivity index (χ4n) is 1.84. The summed E-state index contributed by atoms with van der Waals surface area (Å²) in [5, 5.41) is -0.165. The zero-order chi connectivity index (χ0) is 17.7. The number of hydrogen-bond acceptors (Lipinski definition) is 5. The number of hydrogen-bond donors (Lipinski definition) is 1. The minimum absolute atomic E-state index is 0.00295. The molecule has 0 spiro atoms. The molecule has 0 unspecified atom stereocenters. The number of thioether (sulfide) groups is 1. The van der Waals surface area contributed by atoms with Gasteiger partial charge < -0.3 is 0 Å². The van der Waals surface area contributed by atoms with E-state index in [2.05, 4.69) is 4.72 Å². The minimum Gasteiger partial charge on any atom is -0.293 e. The van der Waals surface area contributed by atoms with Crippen molar-refractivity contribution in [2.24, 2.45) is 0 Å². The lowest BCUT2D eigenvalue weighted by atomic mass is 10.1. The zero-order valence-corrected chi connectivity index (χ0v) is 14.3. The van der Waals surface area contributed by atoms with Crippen LogP contribution < -0.4 is 4.72 Å². The van der Waals surface area contributed by atoms with E-state index in [4.69, 9.17) is 0 Å². The maximum Gasteiger partial charge on any atom is 0.261 e. The molecule has 0 heterocycles. The van der Waals surface area contributed by atoms with E-state index < -0.39 is 15.8 Å². The first-order chi connectivity index (χ1) is 11.3. The number of ketones is 1. The summed E-state index contributed by atoms with van der Waals surface area (Å²) in [7, 11) is -3.89. The summed E-state index contributed by atoms with van der Waals surface area (Å²) in [6.45, 7) is 1.37. The zero-order valence-electron chi connectivity index (χ0n) is 12.7. The maximum absolute atomic E-state index is 13.1. The highest BCUT2D eigenvalue weighted by molar-refractivity contribution is 8.14. The number of nitrogens with one attached hydrogen (secondary N) is 1. The molecular weight excluding hydrogens is 353 g/mol. The lowest BCUT2D eigenvalue weighted by Gasteiger charge is -2.08. The second-order valence-corrected chi connectivity index (χ2v) is 7.68. The first-order valence-electron chi connectivity index (χ1n) is 6.83. The average molecular weight is 367 g/mol. The number of rotatable bonds is 6. The molecule has 2 rings (SSSR count). The van der Waals surface area contributed by atoms with E-state index in [0.29, 0.717) is 5.56 Å². The predicted octanol–water partition coefficient (Wildman–Crippen LogP) is 3.09. The highest BCUT2D eigenvalue weighted by Gasteiger charge is 2.15. The third kappa shape index (κ3) is 4.90. The Morgan fingerprint density at radius 2 is 1.79 bits per heavy atom. The fourth-order valence-corrected chi connectivity index (χ4v) is 3.39. The highest BCUT2D eigenvalue weighted by Crippen LogP contribution is 2.18. The van der Waals surface area contributed by atoms with Crippen molar-refractivity contribution in [3.63, 3.8) is 0 Å². The Kier molecular flexibility index (Phi) is 5.74. The van der Waals surface area contributed by atoms with Gasteiger partial charge in [-0.25, -0.2) is 12.8 Å². The van der Waals surface area contributed by atoms with Gasteiger partial charge >= 0.3 is 0 Å². The van der Waals surface area contributed by atoms with Gasteiger partial charge in [-0.15, -0.1) is 0 Å². The van der Waals surface area contributed by atoms with Gasteiger partial charge in [0.15, 0.2) is 10.9 Å². The van der Waals surface area contributed by atoms with Crippen LogP contribution in [0, 0.1) is 5.82 Å². The van der Waals surface area contributed by atoms with Crippen molar-refractivity contribution in [3.05, 3.63) is 59.9 Å². The van der Waals surface area contributed by atoms with E-state index in [1.54, 1.807) is 0 Å². The number of anilines is 1. The number of carbonyl (C=O) groups is 2. The molecule has 0 fully saturated rings. The Bertz CT molecular complexity index is 864. The molecule has 2 aromatic rings. The normalized spacial score (nSPS) is 11.1. The lowest BCUT2D eigenvalue weighted by Crippen LogP contribution is -2.13. The van der Waals surface area contributed by atoms with Crippen molar-refractivity contribution in [1.29, 1.82) is 0 Å². The van der Waals surface area contributed by atoms with Crippen molar-refractivity contribution in [1.82, 2.24) is 0 Å². The van der Waals surface area contributed by atoms with Gasteiger partial charge in [0.05, 0.1) is 16.3 Å². The van der Waals surface area contributed by atoms with Crippen molar-refractivity contribution in [3.8, 4) is 0 Å². The molecule has 126 valence electrons. The van der Waals surface area contributed by atoms with E-state index in [-0.39, 0.29) is 27.2 Å². The van der Waals surface area contributed by atoms with Crippen LogP contribution in [0.1, 0.15) is 17.3 Å². The van der Waals surface area contributed by atoms with Gasteiger partial charge in [-0.1, -0.05) is 30.0 Å². The van der Waals surface area contributed by atoms with Gasteiger partial charge in [-0.3, -0.25) is 14.3 Å². The van der Waals surface area contributed by atoms with E-state index in [1.165, 1.54) is 49.4 Å². The molecule has 0 atom stereocenters. The van der Waals surface area contributed by atoms with Crippen LogP contribution in [0.2, 0.25) is 0 Å². The molecule has 1 N–H and O–H groups in total. The molecule has 0 aliphatic carbocycles. The Morgan fingerprint density at radius 1 is 1.12 bits per heavy atom. The molecule has 0 saturated heterocycles. The Balaban J connectivity index is 2.14. The standard InChI is InChI=1S/C16H14FNO4S2/c1-11(19)23-10-16(20)12-5-7-15(8-6-12)24(21,22)18-14-4-2-3-13(17)9-14/h2-9,18H,10H2,1H3. The van der Waals surface area contributed by atoms with Crippen LogP contribution >= 0.6 is 11.8 Å². The van der Waals surface area contributed by atoms with Crippen LogP contribution in [0.25, 0.3) is 0 Å². The van der Waals surface area contributed by atoms with Gasteiger partial charge in [0.1, 0.15) is 5.82 Å². The summed E-state index contributed by atoms with van der Waals surface area (Å²) in [5.41, 5.74) is 0.418. The third-order valence-corrected chi connectivity index (χ3v) is 5.18. The molecule has 8 heteroatoms. The lowest BCUT2D eigenvalue weighted by molar-refractivity contribution is -0.109. The van der Waals surface area contributed by atoms with Crippen molar-refractivity contribution in [2.75, 3.05) is 10.5 Å². The predicted molar refractivity (Wildman–Crippen MR) is 91.1 cm³/mol. The van der Waals surface area contributed by atoms with E-state index in [9.17, 15) is 22.4 Å². The molecule has 24 heavy (non-hydrogen) atoms. The molecule has 0 aromatic heterocycles. The van der Waals surface area contributed by atoms with Crippen molar-refractivity contribution in [2.45, 2.75) is 11.8 Å². The first kappa shape index (κ1) is 18.2. The molecule has 5 nitrogen and oxygen atoms in total. The van der Waals surface area contributed by atoms with Crippen molar-refractivity contribution < 1.29 is 22.4 Å². The van der Waals surface area contributed by atoms with Crippen molar-refractivity contribution >= 4 is 38.4 Å². The van der Waals surface area contributed by atoms with E-state index in [0.717, 1.165) is 17.8 Å². The molecule has 0 aliphatic rings. The molecule has 2 aromatic carbocycles. The number of benzene rings is 2. The van der Waals surface area contributed by atoms with E-state index in [1.807, 2.05) is 0 Å². The number of carbonyl (C=O) groups excluding carboxylic acids is 2. The average Bonchev–Trinajstić information content (AvgIpc) is 2.52. The molecule has 0 amide bonds. The highest BCUT2D eigenvalue weighted by atomic mass is 32.2. The Morgan fingerprint density at radius 3 is 2.38 bits per heavy atom. The molecule has 0 saturated carbocycles. The molecule has 0 radical (unpaired) electrons. The van der Waals surface area contributed by atoms with Gasteiger partial charge in [0.2, 0.25) is 0 Å². The van der Waals surface area contributed by atoms with Crippen LogP contribution in [0.5, 0.6) is 0 Å². The fraction of sp³-hybridized carbons (Fsp3) is 0.125. The Labute approximate surface area is 143 Å². The van der Waals surface area contributed by atoms with Crippen LogP contribution in [0.4, 0.5) is 10.1 Å². The minimum atomic E-state index is -3.89. The summed E-state index contributed by atoms with van der Waals surface area (Å²) in [6, 6.07) is 10.4. The summed E-state index contributed by atoms with van der Waals surface area (Å²) < 4.78 is 39.9. The quantitative estimate of drug-likeness (QED) is 0.794. The van der Waals surface area contributed by atoms with Crippen LogP contribution in [-0.4, -0.2) is 25.1 Å². The molecular formula is C16H14FNO4S2. The second-order valence-electron chi connectivity index (χ2n) is 4.84. The topological polar surface area (TPSA) is 80.3 Å². The second kappa shape index (κ2) is 7.59. The molecule has 0 aliphatic heterocycles. The monoisotopic (exact) mass is 367 g/mol. The Hall–Kier alpha value is -2.19. The largest absolute Gasteiger partial charge is 0.293 e. The summed E-state index contributed by atoms with van der Waals surface area (Å²) in [4.78, 5) is 22.7. The SMILES string of the molecule is CC(=O)SCC(=O)c1ccc(S(=O)(=O)Nc2cccc(F)c2)cc1. The first-order valence-corrected chi connectivity index (χ1v) is 9.30. The van der Waals surface area contributed by atoms with Crippen LogP contribution in [0.15, 0.2) is 53.4 Å². The van der Waals surface area contributed by atoms with Crippen LogP contribution in [-0.2, 0) is 14.8 Å². The van der Waals surface area contributed by atoms with Gasteiger partial charge in [-0.05, 0) is 30.3 Å². The van der Waals surface area contributed by atoms with E-state index >= 15 is 0 Å². The summed E-state index contributed by atoms with van der Waals surface area (Å²) in [6.07, 6.45) is 0. The smallest absolute Gasteiger partial charge is 0.261 e. The summed E-state index contributed by atoms with van der Waals surface area (Å²) in [5.74, 6) is -0.820.